The number of rotatable bonds is 4. The zero-order chi connectivity index (χ0) is 11.3. The molecule has 0 fully saturated rings. The van der Waals surface area contributed by atoms with Gasteiger partial charge in [0.2, 0.25) is 0 Å². The highest BCUT2D eigenvalue weighted by Crippen LogP contribution is 2.27. The molecule has 2 heteroatoms. The van der Waals surface area contributed by atoms with Crippen LogP contribution in [0.15, 0.2) is 30.3 Å². The molecule has 82 valence electrons. The molecule has 0 spiro atoms. The Balaban J connectivity index is 2.81. The van der Waals surface area contributed by atoms with Crippen LogP contribution in [0.4, 0.5) is 0 Å². The van der Waals surface area contributed by atoms with E-state index in [-0.39, 0.29) is 5.97 Å². The Bertz CT molecular complexity index is 319. The topological polar surface area (TPSA) is 26.3 Å². The summed E-state index contributed by atoms with van der Waals surface area (Å²) in [6.45, 7) is 3.96. The van der Waals surface area contributed by atoms with Crippen molar-refractivity contribution >= 4 is 5.97 Å². The Morgan fingerprint density at radius 1 is 1.33 bits per heavy atom. The van der Waals surface area contributed by atoms with E-state index >= 15 is 0 Å². The van der Waals surface area contributed by atoms with Crippen LogP contribution in [-0.4, -0.2) is 13.1 Å². The van der Waals surface area contributed by atoms with Crippen LogP contribution in [0.5, 0.6) is 0 Å². The first-order valence-corrected chi connectivity index (χ1v) is 5.24. The number of carbonyl (C=O) groups excluding carboxylic acids is 1. The first-order valence-electron chi connectivity index (χ1n) is 5.24. The summed E-state index contributed by atoms with van der Waals surface area (Å²) in [4.78, 5) is 11.6. The second kappa shape index (κ2) is 4.96. The number of carbonyl (C=O) groups is 1. The largest absolute Gasteiger partial charge is 0.469 e. The molecule has 1 atom stereocenters. The minimum atomic E-state index is -0.407. The molecule has 0 heterocycles. The molecule has 0 aliphatic heterocycles. The maximum Gasteiger partial charge on any atom is 0.311 e. The zero-order valence-electron chi connectivity index (χ0n) is 9.62. The van der Waals surface area contributed by atoms with E-state index in [2.05, 4.69) is 0 Å². The summed E-state index contributed by atoms with van der Waals surface area (Å²) in [6, 6.07) is 10.0. The van der Waals surface area contributed by atoms with Gasteiger partial charge in [-0.3, -0.25) is 4.79 Å². The van der Waals surface area contributed by atoms with Crippen molar-refractivity contribution in [1.29, 1.82) is 0 Å². The van der Waals surface area contributed by atoms with E-state index < -0.39 is 5.41 Å². The van der Waals surface area contributed by atoms with Crippen molar-refractivity contribution in [2.24, 2.45) is 5.41 Å². The summed E-state index contributed by atoms with van der Waals surface area (Å²) in [5.74, 6) is -0.131. The van der Waals surface area contributed by atoms with Crippen LogP contribution in [0.25, 0.3) is 0 Å². The molecule has 1 aromatic carbocycles. The average Bonchev–Trinajstić information content (AvgIpc) is 2.29. The monoisotopic (exact) mass is 206 g/mol. The van der Waals surface area contributed by atoms with Gasteiger partial charge in [0.15, 0.2) is 0 Å². The van der Waals surface area contributed by atoms with Gasteiger partial charge in [0.1, 0.15) is 0 Å². The smallest absolute Gasteiger partial charge is 0.311 e. The third-order valence-corrected chi connectivity index (χ3v) is 2.90. The van der Waals surface area contributed by atoms with E-state index in [1.165, 1.54) is 12.7 Å². The summed E-state index contributed by atoms with van der Waals surface area (Å²) in [7, 11) is 1.45. The van der Waals surface area contributed by atoms with Crippen LogP contribution in [0, 0.1) is 5.41 Å². The van der Waals surface area contributed by atoms with Crippen molar-refractivity contribution < 1.29 is 9.53 Å². The van der Waals surface area contributed by atoms with Crippen molar-refractivity contribution in [1.82, 2.24) is 0 Å². The fourth-order valence-electron chi connectivity index (χ4n) is 1.63. The third kappa shape index (κ3) is 2.82. The van der Waals surface area contributed by atoms with Crippen LogP contribution in [0.2, 0.25) is 0 Å². The lowest BCUT2D eigenvalue weighted by Crippen LogP contribution is -2.30. The van der Waals surface area contributed by atoms with Gasteiger partial charge in [-0.05, 0) is 25.3 Å². The standard InChI is InChI=1S/C13H18O2/c1-4-13(2,12(14)15-3)10-11-8-6-5-7-9-11/h5-9H,4,10H2,1-3H3. The molecule has 0 aliphatic carbocycles. The van der Waals surface area contributed by atoms with E-state index in [0.29, 0.717) is 0 Å². The summed E-state index contributed by atoms with van der Waals surface area (Å²) in [5, 5.41) is 0. The number of ether oxygens (including phenoxy) is 1. The van der Waals surface area contributed by atoms with Crippen LogP contribution < -0.4 is 0 Å². The molecule has 1 aromatic rings. The van der Waals surface area contributed by atoms with Gasteiger partial charge >= 0.3 is 5.97 Å². The van der Waals surface area contributed by atoms with Crippen molar-refractivity contribution in [3.8, 4) is 0 Å². The fraction of sp³-hybridized carbons (Fsp3) is 0.462. The molecule has 0 N–H and O–H groups in total. The molecular formula is C13H18O2. The molecule has 1 unspecified atom stereocenters. The Labute approximate surface area is 91.3 Å². The lowest BCUT2D eigenvalue weighted by atomic mass is 9.81. The quantitative estimate of drug-likeness (QED) is 0.708. The fourth-order valence-corrected chi connectivity index (χ4v) is 1.63. The van der Waals surface area contributed by atoms with Gasteiger partial charge in [0, 0.05) is 0 Å². The predicted octanol–water partition coefficient (Wildman–Crippen LogP) is 2.82. The van der Waals surface area contributed by atoms with Gasteiger partial charge in [-0.15, -0.1) is 0 Å². The van der Waals surface area contributed by atoms with Crippen LogP contribution in [0.1, 0.15) is 25.8 Å². The van der Waals surface area contributed by atoms with E-state index in [0.717, 1.165) is 12.8 Å². The number of hydrogen-bond acceptors (Lipinski definition) is 2. The predicted molar refractivity (Wildman–Crippen MR) is 60.6 cm³/mol. The number of benzene rings is 1. The molecule has 0 aromatic heterocycles. The molecule has 0 saturated heterocycles. The highest BCUT2D eigenvalue weighted by molar-refractivity contribution is 5.76. The van der Waals surface area contributed by atoms with E-state index in [1.54, 1.807) is 0 Å². The van der Waals surface area contributed by atoms with Gasteiger partial charge in [0.05, 0.1) is 12.5 Å². The lowest BCUT2D eigenvalue weighted by Gasteiger charge is -2.24. The molecule has 2 nitrogen and oxygen atoms in total. The highest BCUT2D eigenvalue weighted by Gasteiger charge is 2.32. The highest BCUT2D eigenvalue weighted by atomic mass is 16.5. The second-order valence-corrected chi connectivity index (χ2v) is 4.07. The zero-order valence-corrected chi connectivity index (χ0v) is 9.62. The molecule has 1 rings (SSSR count). The van der Waals surface area contributed by atoms with Crippen molar-refractivity contribution in [2.45, 2.75) is 26.7 Å². The van der Waals surface area contributed by atoms with Crippen molar-refractivity contribution in [2.75, 3.05) is 7.11 Å². The van der Waals surface area contributed by atoms with Gasteiger partial charge in [-0.2, -0.15) is 0 Å². The van der Waals surface area contributed by atoms with Crippen molar-refractivity contribution in [3.63, 3.8) is 0 Å². The first-order chi connectivity index (χ1) is 7.12. The molecule has 0 saturated carbocycles. The number of methoxy groups -OCH3 is 1. The Morgan fingerprint density at radius 2 is 1.93 bits per heavy atom. The lowest BCUT2D eigenvalue weighted by molar-refractivity contribution is -0.151. The number of esters is 1. The molecular weight excluding hydrogens is 188 g/mol. The summed E-state index contributed by atoms with van der Waals surface area (Å²) in [5.41, 5.74) is 0.767. The van der Waals surface area contributed by atoms with Crippen LogP contribution in [-0.2, 0) is 16.0 Å². The summed E-state index contributed by atoms with van der Waals surface area (Å²) >= 11 is 0. The molecule has 15 heavy (non-hydrogen) atoms. The Morgan fingerprint density at radius 3 is 2.40 bits per heavy atom. The minimum Gasteiger partial charge on any atom is -0.469 e. The average molecular weight is 206 g/mol. The molecule has 0 radical (unpaired) electrons. The Kier molecular flexibility index (Phi) is 3.89. The Hall–Kier alpha value is -1.31. The van der Waals surface area contributed by atoms with E-state index in [4.69, 9.17) is 4.74 Å². The summed E-state index contributed by atoms with van der Waals surface area (Å²) in [6.07, 6.45) is 1.52. The van der Waals surface area contributed by atoms with E-state index in [9.17, 15) is 4.79 Å². The third-order valence-electron chi connectivity index (χ3n) is 2.90. The molecule has 0 aliphatic rings. The molecule has 0 bridgehead atoms. The van der Waals surface area contributed by atoms with Crippen LogP contribution in [0.3, 0.4) is 0 Å². The van der Waals surface area contributed by atoms with Crippen LogP contribution >= 0.6 is 0 Å². The van der Waals surface area contributed by atoms with Gasteiger partial charge in [0.25, 0.3) is 0 Å². The normalized spacial score (nSPS) is 14.3. The van der Waals surface area contributed by atoms with Gasteiger partial charge in [-0.25, -0.2) is 0 Å². The first kappa shape index (κ1) is 11.8. The molecule has 0 amide bonds. The van der Waals surface area contributed by atoms with Crippen molar-refractivity contribution in [3.05, 3.63) is 35.9 Å². The van der Waals surface area contributed by atoms with Gasteiger partial charge < -0.3 is 4.74 Å². The maximum atomic E-state index is 11.6. The number of hydrogen-bond donors (Lipinski definition) is 0. The minimum absolute atomic E-state index is 0.131. The van der Waals surface area contributed by atoms with E-state index in [1.807, 2.05) is 44.2 Å². The summed E-state index contributed by atoms with van der Waals surface area (Å²) < 4.78 is 4.84. The SMILES string of the molecule is CCC(C)(Cc1ccccc1)C(=O)OC. The second-order valence-electron chi connectivity index (χ2n) is 4.07. The van der Waals surface area contributed by atoms with Gasteiger partial charge in [-0.1, -0.05) is 37.3 Å². The maximum absolute atomic E-state index is 11.6.